The fourth-order valence-electron chi connectivity index (χ4n) is 5.08. The van der Waals surface area contributed by atoms with Crippen molar-refractivity contribution in [2.45, 2.75) is 12.1 Å². The average molecular weight is 555 g/mol. The van der Waals surface area contributed by atoms with E-state index >= 15 is 0 Å². The van der Waals surface area contributed by atoms with Gasteiger partial charge in [0.2, 0.25) is 5.91 Å². The minimum Gasteiger partial charge on any atom is -0.493 e. The van der Waals surface area contributed by atoms with Crippen LogP contribution in [0.5, 0.6) is 11.5 Å². The molecule has 0 aromatic heterocycles. The molecule has 200 valence electrons. The summed E-state index contributed by atoms with van der Waals surface area (Å²) < 4.78 is 11.2. The first-order valence-corrected chi connectivity index (χ1v) is 12.9. The number of halogens is 1. The maximum Gasteiger partial charge on any atom is 0.343 e. The predicted octanol–water partition coefficient (Wildman–Crippen LogP) is 5.62. The number of anilines is 2. The summed E-state index contributed by atoms with van der Waals surface area (Å²) in [4.78, 5) is 47.4. The number of methoxy groups -OCH3 is 1. The van der Waals surface area contributed by atoms with Gasteiger partial charge in [0, 0.05) is 5.02 Å². The molecule has 0 bridgehead atoms. The molecule has 8 nitrogen and oxygen atoms in total. The largest absolute Gasteiger partial charge is 0.493 e. The smallest absolute Gasteiger partial charge is 0.343 e. The van der Waals surface area contributed by atoms with Crippen molar-refractivity contribution in [1.82, 2.24) is 0 Å². The summed E-state index contributed by atoms with van der Waals surface area (Å²) in [7, 11) is 1.47. The lowest BCUT2D eigenvalue weighted by Gasteiger charge is -2.29. The maximum atomic E-state index is 13.8. The van der Waals surface area contributed by atoms with E-state index in [2.05, 4.69) is 0 Å². The van der Waals surface area contributed by atoms with Crippen LogP contribution in [-0.4, -0.2) is 31.0 Å². The van der Waals surface area contributed by atoms with Gasteiger partial charge in [-0.15, -0.1) is 0 Å². The number of imide groups is 1. The first-order valence-electron chi connectivity index (χ1n) is 12.6. The van der Waals surface area contributed by atoms with E-state index in [1.807, 2.05) is 36.4 Å². The van der Waals surface area contributed by atoms with Crippen LogP contribution in [0.25, 0.3) is 0 Å². The van der Waals surface area contributed by atoms with Gasteiger partial charge in [-0.05, 0) is 66.2 Å². The summed E-state index contributed by atoms with van der Waals surface area (Å²) in [6.07, 6.45) is -1.03. The zero-order valence-electron chi connectivity index (χ0n) is 21.3. The van der Waals surface area contributed by atoms with Gasteiger partial charge in [-0.2, -0.15) is 0 Å². The van der Waals surface area contributed by atoms with Crippen LogP contribution in [0.3, 0.4) is 0 Å². The monoisotopic (exact) mass is 554 g/mol. The summed E-state index contributed by atoms with van der Waals surface area (Å²) in [5.74, 6) is -1.70. The first-order chi connectivity index (χ1) is 19.5. The SMILES string of the molecule is COc1cc([C@@H]2[C@H]3C(=O)N(c4ccc(Cl)cc4)C(=O)[C@@H]3ON2c2ccccc2)ccc1OC(=O)c1ccccc1. The quantitative estimate of drug-likeness (QED) is 0.174. The van der Waals surface area contributed by atoms with Gasteiger partial charge >= 0.3 is 5.97 Å². The number of amides is 2. The van der Waals surface area contributed by atoms with E-state index in [1.54, 1.807) is 71.8 Å². The second-order valence-electron chi connectivity index (χ2n) is 9.31. The Labute approximate surface area is 235 Å². The van der Waals surface area contributed by atoms with Crippen molar-refractivity contribution in [1.29, 1.82) is 0 Å². The Kier molecular flexibility index (Phi) is 6.71. The lowest BCUT2D eigenvalue weighted by atomic mass is 9.90. The minimum atomic E-state index is -1.03. The zero-order chi connectivity index (χ0) is 27.8. The fourth-order valence-corrected chi connectivity index (χ4v) is 5.21. The van der Waals surface area contributed by atoms with Crippen LogP contribution in [0, 0.1) is 5.92 Å². The van der Waals surface area contributed by atoms with E-state index in [-0.39, 0.29) is 11.7 Å². The molecule has 2 amide bonds. The molecule has 2 heterocycles. The van der Waals surface area contributed by atoms with Gasteiger partial charge in [0.1, 0.15) is 5.92 Å². The van der Waals surface area contributed by atoms with Gasteiger partial charge < -0.3 is 9.47 Å². The molecular weight excluding hydrogens is 532 g/mol. The van der Waals surface area contributed by atoms with Crippen molar-refractivity contribution in [3.63, 3.8) is 0 Å². The van der Waals surface area contributed by atoms with Crippen molar-refractivity contribution in [2.24, 2.45) is 5.92 Å². The molecule has 40 heavy (non-hydrogen) atoms. The predicted molar refractivity (Wildman–Crippen MR) is 148 cm³/mol. The molecule has 2 fully saturated rings. The normalized spacial score (nSPS) is 20.0. The van der Waals surface area contributed by atoms with E-state index in [0.29, 0.717) is 33.3 Å². The zero-order valence-corrected chi connectivity index (χ0v) is 22.0. The third-order valence-corrected chi connectivity index (χ3v) is 7.20. The Bertz CT molecular complexity index is 1580. The Morgan fingerprint density at radius 1 is 0.800 bits per heavy atom. The third kappa shape index (κ3) is 4.47. The van der Waals surface area contributed by atoms with Crippen molar-refractivity contribution in [3.8, 4) is 11.5 Å². The average Bonchev–Trinajstić information content (AvgIpc) is 3.50. The molecule has 3 atom stereocenters. The van der Waals surface area contributed by atoms with Crippen molar-refractivity contribution >= 4 is 40.8 Å². The number of rotatable bonds is 6. The molecule has 6 rings (SSSR count). The molecule has 0 radical (unpaired) electrons. The number of hydrogen-bond donors (Lipinski definition) is 0. The number of fused-ring (bicyclic) bond motifs is 1. The van der Waals surface area contributed by atoms with Crippen LogP contribution in [0.2, 0.25) is 5.02 Å². The Morgan fingerprint density at radius 3 is 2.15 bits per heavy atom. The number of carbonyl (C=O) groups is 3. The molecule has 2 saturated heterocycles. The second-order valence-corrected chi connectivity index (χ2v) is 9.75. The van der Waals surface area contributed by atoms with Crippen LogP contribution in [0.4, 0.5) is 11.4 Å². The number of benzene rings is 4. The number of carbonyl (C=O) groups excluding carboxylic acids is 3. The molecule has 4 aromatic rings. The van der Waals surface area contributed by atoms with Crippen molar-refractivity contribution < 1.29 is 28.7 Å². The molecule has 4 aromatic carbocycles. The number of nitrogens with zero attached hydrogens (tertiary/aromatic N) is 2. The number of hydrogen-bond acceptors (Lipinski definition) is 7. The number of esters is 1. The van der Waals surface area contributed by atoms with Crippen LogP contribution in [0.15, 0.2) is 103 Å². The number of ether oxygens (including phenoxy) is 2. The highest BCUT2D eigenvalue weighted by Gasteiger charge is 2.60. The van der Waals surface area contributed by atoms with Gasteiger partial charge in [0.25, 0.3) is 5.91 Å². The lowest BCUT2D eigenvalue weighted by Crippen LogP contribution is -2.37. The van der Waals surface area contributed by atoms with Crippen LogP contribution in [0.1, 0.15) is 22.0 Å². The highest BCUT2D eigenvalue weighted by atomic mass is 35.5. The molecular formula is C31H23ClN2O6. The van der Waals surface area contributed by atoms with Crippen LogP contribution in [-0.2, 0) is 14.4 Å². The number of para-hydroxylation sites is 1. The Hall–Kier alpha value is -4.66. The minimum absolute atomic E-state index is 0.221. The highest BCUT2D eigenvalue weighted by Crippen LogP contribution is 2.48. The maximum absolute atomic E-state index is 13.8. The third-order valence-electron chi connectivity index (χ3n) is 6.95. The molecule has 2 aliphatic heterocycles. The summed E-state index contributed by atoms with van der Waals surface area (Å²) in [5, 5.41) is 2.09. The van der Waals surface area contributed by atoms with Crippen LogP contribution < -0.4 is 19.4 Å². The molecule has 0 spiro atoms. The van der Waals surface area contributed by atoms with E-state index in [9.17, 15) is 14.4 Å². The summed E-state index contributed by atoms with van der Waals surface area (Å²) in [6.45, 7) is 0. The van der Waals surface area contributed by atoms with Gasteiger partial charge in [-0.3, -0.25) is 14.4 Å². The molecule has 0 saturated carbocycles. The summed E-state index contributed by atoms with van der Waals surface area (Å²) in [5.41, 5.74) is 2.14. The molecule has 0 aliphatic carbocycles. The van der Waals surface area contributed by atoms with E-state index in [0.717, 1.165) is 4.90 Å². The standard InChI is InChI=1S/C31H23ClN2O6/c1-38-25-18-20(12-17-24(25)39-31(37)19-8-4-2-5-9-19)27-26-28(40-34(27)23-10-6-3-7-11-23)30(36)33(29(26)35)22-15-13-21(32)14-16-22/h2-18,26-28H,1H3/t26-,27-,28-/m1/s1. The topological polar surface area (TPSA) is 85.4 Å². The second kappa shape index (κ2) is 10.5. The van der Waals surface area contributed by atoms with E-state index in [1.165, 1.54) is 7.11 Å². The van der Waals surface area contributed by atoms with E-state index in [4.69, 9.17) is 25.9 Å². The summed E-state index contributed by atoms with van der Waals surface area (Å²) in [6, 6.07) is 28.8. The van der Waals surface area contributed by atoms with Gasteiger partial charge in [-0.1, -0.05) is 54.1 Å². The fraction of sp³-hybridized carbons (Fsp3) is 0.129. The Balaban J connectivity index is 1.38. The van der Waals surface area contributed by atoms with Gasteiger partial charge in [0.05, 0.1) is 30.1 Å². The van der Waals surface area contributed by atoms with Crippen molar-refractivity contribution in [2.75, 3.05) is 17.1 Å². The summed E-state index contributed by atoms with van der Waals surface area (Å²) >= 11 is 6.02. The molecule has 2 aliphatic rings. The van der Waals surface area contributed by atoms with Crippen LogP contribution >= 0.6 is 11.6 Å². The highest BCUT2D eigenvalue weighted by molar-refractivity contribution is 6.31. The Morgan fingerprint density at radius 2 is 1.48 bits per heavy atom. The van der Waals surface area contributed by atoms with Gasteiger partial charge in [0.15, 0.2) is 17.6 Å². The van der Waals surface area contributed by atoms with Gasteiger partial charge in [-0.25, -0.2) is 14.8 Å². The molecule has 0 N–H and O–H groups in total. The molecule has 9 heteroatoms. The number of hydroxylamine groups is 1. The first kappa shape index (κ1) is 25.6. The molecule has 0 unspecified atom stereocenters. The van der Waals surface area contributed by atoms with Crippen molar-refractivity contribution in [3.05, 3.63) is 119 Å². The lowest BCUT2D eigenvalue weighted by molar-refractivity contribution is -0.126. The van der Waals surface area contributed by atoms with E-state index < -0.39 is 29.9 Å².